The van der Waals surface area contributed by atoms with Crippen LogP contribution in [0.5, 0.6) is 5.75 Å². The normalized spacial score (nSPS) is 17.0. The molecule has 1 aliphatic heterocycles. The SMILES string of the molecule is CC1CN(c2nc(-c3cc(F)cc(OC(C)C)c3)ccc2C(=O)NS(=O)(=O)c2cccc(N)n2)C(C)(C)C1. The molecular weight excluding hydrogens is 509 g/mol. The number of sulfonamides is 1. The highest BCUT2D eigenvalue weighted by Crippen LogP contribution is 2.38. The number of nitrogens with two attached hydrogens (primary N) is 1. The third-order valence-corrected chi connectivity index (χ3v) is 7.47. The van der Waals surface area contributed by atoms with Gasteiger partial charge in [0.25, 0.3) is 15.9 Å². The van der Waals surface area contributed by atoms with Crippen LogP contribution in [0.3, 0.4) is 0 Å². The van der Waals surface area contributed by atoms with Crippen molar-refractivity contribution >= 4 is 27.6 Å². The highest BCUT2D eigenvalue weighted by Gasteiger charge is 2.39. The number of nitrogens with zero attached hydrogens (tertiary/aromatic N) is 3. The van der Waals surface area contributed by atoms with Gasteiger partial charge < -0.3 is 15.4 Å². The number of rotatable bonds is 7. The minimum absolute atomic E-state index is 0.00995. The number of hydrogen-bond donors (Lipinski definition) is 2. The number of benzene rings is 1. The second-order valence-corrected chi connectivity index (χ2v) is 12.1. The first-order valence-electron chi connectivity index (χ1n) is 12.3. The summed E-state index contributed by atoms with van der Waals surface area (Å²) < 4.78 is 48.0. The van der Waals surface area contributed by atoms with Crippen LogP contribution in [-0.2, 0) is 10.0 Å². The van der Waals surface area contributed by atoms with E-state index in [0.29, 0.717) is 35.3 Å². The van der Waals surface area contributed by atoms with E-state index in [9.17, 15) is 17.6 Å². The van der Waals surface area contributed by atoms with E-state index in [2.05, 4.69) is 16.6 Å². The zero-order valence-corrected chi connectivity index (χ0v) is 22.8. The summed E-state index contributed by atoms with van der Waals surface area (Å²) in [5.74, 6) is -0.361. The lowest BCUT2D eigenvalue weighted by molar-refractivity contribution is 0.0981. The van der Waals surface area contributed by atoms with Gasteiger partial charge in [-0.1, -0.05) is 13.0 Å². The minimum Gasteiger partial charge on any atom is -0.491 e. The average molecular weight is 542 g/mol. The number of pyridine rings is 2. The van der Waals surface area contributed by atoms with Crippen LogP contribution in [-0.4, -0.2) is 42.5 Å². The van der Waals surface area contributed by atoms with E-state index in [4.69, 9.17) is 15.5 Å². The van der Waals surface area contributed by atoms with E-state index in [1.54, 1.807) is 12.1 Å². The lowest BCUT2D eigenvalue weighted by Crippen LogP contribution is -2.41. The molecule has 1 amide bonds. The summed E-state index contributed by atoms with van der Waals surface area (Å²) in [7, 11) is -4.30. The standard InChI is InChI=1S/C27H32FN5O4S/c1-16(2)37-20-12-18(11-19(28)13-20)22-10-9-21(25(30-22)33-15-17(3)14-27(33,4)5)26(34)32-38(35,36)24-8-6-7-23(29)31-24/h6-13,16-17H,14-15H2,1-5H3,(H2,29,31)(H,32,34). The Morgan fingerprint density at radius 3 is 2.55 bits per heavy atom. The Morgan fingerprint density at radius 2 is 1.92 bits per heavy atom. The number of hydrogen-bond acceptors (Lipinski definition) is 8. The summed E-state index contributed by atoms with van der Waals surface area (Å²) in [5, 5.41) is -0.371. The number of amides is 1. The van der Waals surface area contributed by atoms with Crippen LogP contribution in [0.4, 0.5) is 16.0 Å². The second kappa shape index (κ2) is 10.2. The quantitative estimate of drug-likeness (QED) is 0.451. The van der Waals surface area contributed by atoms with Crippen LogP contribution in [0.1, 0.15) is 51.4 Å². The van der Waals surface area contributed by atoms with Crippen molar-refractivity contribution < 1.29 is 22.3 Å². The number of ether oxygens (including phenoxy) is 1. The maximum atomic E-state index is 14.5. The first-order valence-corrected chi connectivity index (χ1v) is 13.8. The fraction of sp³-hybridized carbons (Fsp3) is 0.370. The molecule has 3 N–H and O–H groups in total. The van der Waals surface area contributed by atoms with Gasteiger partial charge in [0.1, 0.15) is 23.2 Å². The van der Waals surface area contributed by atoms with E-state index in [1.807, 2.05) is 32.6 Å². The third kappa shape index (κ3) is 5.88. The first kappa shape index (κ1) is 27.3. The summed E-state index contributed by atoms with van der Waals surface area (Å²) in [6.07, 6.45) is 0.695. The molecule has 0 saturated carbocycles. The van der Waals surface area contributed by atoms with E-state index < -0.39 is 21.7 Å². The Hall–Kier alpha value is -3.73. The molecule has 1 aromatic carbocycles. The zero-order chi connectivity index (χ0) is 27.8. The van der Waals surface area contributed by atoms with E-state index in [0.717, 1.165) is 6.42 Å². The molecule has 9 nitrogen and oxygen atoms in total. The molecule has 1 unspecified atom stereocenters. The average Bonchev–Trinajstić information content (AvgIpc) is 3.09. The molecule has 3 heterocycles. The summed E-state index contributed by atoms with van der Waals surface area (Å²) in [4.78, 5) is 23.9. The Kier molecular flexibility index (Phi) is 7.33. The zero-order valence-electron chi connectivity index (χ0n) is 22.0. The molecular formula is C27H32FN5O4S. The molecule has 38 heavy (non-hydrogen) atoms. The van der Waals surface area contributed by atoms with Gasteiger partial charge in [0.05, 0.1) is 17.4 Å². The van der Waals surface area contributed by atoms with E-state index in [1.165, 1.54) is 36.4 Å². The van der Waals surface area contributed by atoms with Crippen LogP contribution in [0, 0.1) is 11.7 Å². The minimum atomic E-state index is -4.30. The third-order valence-electron chi connectivity index (χ3n) is 6.23. The second-order valence-electron chi connectivity index (χ2n) is 10.5. The molecule has 1 fully saturated rings. The number of carbonyl (C=O) groups excluding carboxylic acids is 1. The molecule has 0 aliphatic carbocycles. The van der Waals surface area contributed by atoms with Crippen molar-refractivity contribution in [3.63, 3.8) is 0 Å². The van der Waals surface area contributed by atoms with Crippen LogP contribution in [0.15, 0.2) is 53.6 Å². The number of nitrogens with one attached hydrogen (secondary N) is 1. The van der Waals surface area contributed by atoms with Gasteiger partial charge in [0, 0.05) is 23.7 Å². The first-order chi connectivity index (χ1) is 17.7. The molecule has 202 valence electrons. The van der Waals surface area contributed by atoms with Crippen LogP contribution < -0.4 is 20.1 Å². The number of nitrogen functional groups attached to an aromatic ring is 1. The van der Waals surface area contributed by atoms with Gasteiger partial charge >= 0.3 is 0 Å². The number of aromatic nitrogens is 2. The molecule has 3 aromatic rings. The van der Waals surface area contributed by atoms with Crippen LogP contribution >= 0.6 is 0 Å². The van der Waals surface area contributed by atoms with Crippen LogP contribution in [0.25, 0.3) is 11.3 Å². The fourth-order valence-electron chi connectivity index (χ4n) is 4.81. The summed E-state index contributed by atoms with van der Waals surface area (Å²) in [6, 6.07) is 11.5. The van der Waals surface area contributed by atoms with E-state index in [-0.39, 0.29) is 28.1 Å². The van der Waals surface area contributed by atoms with Crippen molar-refractivity contribution in [1.29, 1.82) is 0 Å². The van der Waals surface area contributed by atoms with Crippen molar-refractivity contribution in [2.45, 2.75) is 57.7 Å². The Morgan fingerprint density at radius 1 is 1.18 bits per heavy atom. The maximum Gasteiger partial charge on any atom is 0.281 e. The topological polar surface area (TPSA) is 128 Å². The maximum absolute atomic E-state index is 14.5. The smallest absolute Gasteiger partial charge is 0.281 e. The van der Waals surface area contributed by atoms with Gasteiger partial charge in [-0.2, -0.15) is 8.42 Å². The van der Waals surface area contributed by atoms with Crippen LogP contribution in [0.2, 0.25) is 0 Å². The van der Waals surface area contributed by atoms with Crippen molar-refractivity contribution in [1.82, 2.24) is 14.7 Å². The lowest BCUT2D eigenvalue weighted by atomic mass is 9.97. The summed E-state index contributed by atoms with van der Waals surface area (Å²) in [6.45, 7) is 10.5. The van der Waals surface area contributed by atoms with E-state index >= 15 is 0 Å². The number of halogens is 1. The molecule has 0 spiro atoms. The lowest BCUT2D eigenvalue weighted by Gasteiger charge is -2.34. The fourth-order valence-corrected chi connectivity index (χ4v) is 5.75. The Bertz CT molecular complexity index is 1480. The molecule has 1 atom stereocenters. The predicted molar refractivity (Wildman–Crippen MR) is 144 cm³/mol. The molecule has 0 bridgehead atoms. The highest BCUT2D eigenvalue weighted by atomic mass is 32.2. The van der Waals surface area contributed by atoms with Gasteiger partial charge in [-0.15, -0.1) is 0 Å². The predicted octanol–water partition coefficient (Wildman–Crippen LogP) is 4.40. The van der Waals surface area contributed by atoms with Crippen molar-refractivity contribution in [3.05, 3.63) is 59.9 Å². The van der Waals surface area contributed by atoms with Crippen molar-refractivity contribution in [3.8, 4) is 17.0 Å². The molecule has 1 saturated heterocycles. The van der Waals surface area contributed by atoms with Crippen molar-refractivity contribution in [2.75, 3.05) is 17.2 Å². The van der Waals surface area contributed by atoms with Gasteiger partial charge in [-0.25, -0.2) is 19.1 Å². The number of anilines is 2. The summed E-state index contributed by atoms with van der Waals surface area (Å²) in [5.41, 5.74) is 6.22. The Balaban J connectivity index is 1.79. The van der Waals surface area contributed by atoms with Gasteiger partial charge in [0.15, 0.2) is 5.03 Å². The molecule has 0 radical (unpaired) electrons. The molecule has 1 aliphatic rings. The van der Waals surface area contributed by atoms with Gasteiger partial charge in [0.2, 0.25) is 0 Å². The molecule has 2 aromatic heterocycles. The Labute approximate surface area is 222 Å². The van der Waals surface area contributed by atoms with Gasteiger partial charge in [-0.3, -0.25) is 4.79 Å². The molecule has 4 rings (SSSR count). The van der Waals surface area contributed by atoms with Gasteiger partial charge in [-0.05, 0) is 76.4 Å². The molecule has 11 heteroatoms. The largest absolute Gasteiger partial charge is 0.491 e. The number of carbonyl (C=O) groups is 1. The summed E-state index contributed by atoms with van der Waals surface area (Å²) >= 11 is 0. The monoisotopic (exact) mass is 541 g/mol. The van der Waals surface area contributed by atoms with Crippen molar-refractivity contribution in [2.24, 2.45) is 5.92 Å². The highest BCUT2D eigenvalue weighted by molar-refractivity contribution is 7.90.